The van der Waals surface area contributed by atoms with Crippen LogP contribution in [0.15, 0.2) is 35.4 Å². The van der Waals surface area contributed by atoms with Crippen LogP contribution in [0.1, 0.15) is 17.3 Å². The van der Waals surface area contributed by atoms with Crippen molar-refractivity contribution in [3.63, 3.8) is 0 Å². The Balaban J connectivity index is 1.86. The summed E-state index contributed by atoms with van der Waals surface area (Å²) in [5.74, 6) is -9.38. The van der Waals surface area contributed by atoms with E-state index in [9.17, 15) is 40.3 Å². The first-order chi connectivity index (χ1) is 17.3. The molecule has 0 spiro atoms. The molecule has 3 aromatic heterocycles. The molecule has 0 bridgehead atoms. The molecule has 8 nitrogen and oxygen atoms in total. The Hall–Kier alpha value is -3.75. The molecule has 1 aliphatic heterocycles. The van der Waals surface area contributed by atoms with Crippen LogP contribution in [0, 0.1) is 11.6 Å². The highest BCUT2D eigenvalue weighted by molar-refractivity contribution is 5.97. The maximum atomic E-state index is 14.7. The molecule has 1 atom stereocenters. The molecular weight excluding hydrogens is 515 g/mol. The lowest BCUT2D eigenvalue weighted by Crippen LogP contribution is -2.54. The molecule has 1 amide bonds. The molecule has 1 aliphatic rings. The predicted molar refractivity (Wildman–Crippen MR) is 116 cm³/mol. The third-order valence-electron chi connectivity index (χ3n) is 5.70. The van der Waals surface area contributed by atoms with Crippen LogP contribution in [-0.2, 0) is 4.74 Å². The van der Waals surface area contributed by atoms with E-state index in [1.54, 1.807) is 4.90 Å². The smallest absolute Gasteiger partial charge is 0.378 e. The number of anilines is 1. The lowest BCUT2D eigenvalue weighted by molar-refractivity contribution is -0.290. The molecule has 3 aromatic rings. The number of rotatable bonds is 5. The van der Waals surface area contributed by atoms with Gasteiger partial charge in [0, 0.05) is 25.4 Å². The molecule has 198 valence electrons. The van der Waals surface area contributed by atoms with Gasteiger partial charge in [0.2, 0.25) is 5.43 Å². The summed E-state index contributed by atoms with van der Waals surface area (Å²) in [5, 5.41) is 1.19. The second kappa shape index (κ2) is 9.61. The summed E-state index contributed by atoms with van der Waals surface area (Å²) in [7, 11) is 0. The zero-order valence-electron chi connectivity index (χ0n) is 19.0. The van der Waals surface area contributed by atoms with Crippen molar-refractivity contribution >= 4 is 22.8 Å². The maximum absolute atomic E-state index is 14.7. The van der Waals surface area contributed by atoms with Crippen LogP contribution in [0.2, 0.25) is 0 Å². The minimum atomic E-state index is -5.97. The second-order valence-corrected chi connectivity index (χ2v) is 8.16. The van der Waals surface area contributed by atoms with Crippen molar-refractivity contribution in [1.29, 1.82) is 0 Å². The number of halogens is 7. The molecule has 1 N–H and O–H groups in total. The molecule has 0 radical (unpaired) electrons. The fourth-order valence-electron chi connectivity index (χ4n) is 3.68. The van der Waals surface area contributed by atoms with E-state index in [-0.39, 0.29) is 11.0 Å². The van der Waals surface area contributed by atoms with Crippen LogP contribution in [0.4, 0.5) is 36.6 Å². The quantitative estimate of drug-likeness (QED) is 0.507. The van der Waals surface area contributed by atoms with Gasteiger partial charge >= 0.3 is 12.1 Å². The van der Waals surface area contributed by atoms with Crippen LogP contribution in [-0.4, -0.2) is 64.9 Å². The largest absolute Gasteiger partial charge is 0.455 e. The monoisotopic (exact) mass is 533 g/mol. The fourth-order valence-corrected chi connectivity index (χ4v) is 3.68. The Kier molecular flexibility index (Phi) is 6.83. The van der Waals surface area contributed by atoms with E-state index in [2.05, 4.69) is 9.97 Å². The minimum absolute atomic E-state index is 0.211. The molecule has 15 heteroatoms. The number of carbonyl (C=O) groups excluding carboxylic acids is 1. The number of carbonyl (C=O) groups is 1. The molecule has 37 heavy (non-hydrogen) atoms. The van der Waals surface area contributed by atoms with E-state index in [1.807, 2.05) is 0 Å². The number of nitrogens with one attached hydrogen (secondary N) is 1. The molecular formula is C22H18F7N5O3. The maximum Gasteiger partial charge on any atom is 0.455 e. The van der Waals surface area contributed by atoms with Gasteiger partial charge in [-0.05, 0) is 19.1 Å². The fraction of sp³-hybridized carbons (Fsp3) is 0.364. The highest BCUT2D eigenvalue weighted by Gasteiger charge is 2.61. The van der Waals surface area contributed by atoms with Crippen molar-refractivity contribution < 1.29 is 40.3 Å². The topological polar surface area (TPSA) is 89.3 Å². The van der Waals surface area contributed by atoms with E-state index < -0.39 is 52.5 Å². The van der Waals surface area contributed by atoms with Gasteiger partial charge in [-0.3, -0.25) is 14.2 Å². The Labute approximate surface area is 203 Å². The number of amides is 1. The van der Waals surface area contributed by atoms with Crippen LogP contribution < -0.4 is 15.6 Å². The Bertz CT molecular complexity index is 1400. The van der Waals surface area contributed by atoms with Crippen molar-refractivity contribution in [1.82, 2.24) is 19.9 Å². The average Bonchev–Trinajstić information content (AvgIpc) is 2.84. The van der Waals surface area contributed by atoms with Crippen molar-refractivity contribution in [2.45, 2.75) is 25.1 Å². The summed E-state index contributed by atoms with van der Waals surface area (Å²) in [6.45, 7) is 2.08. The van der Waals surface area contributed by atoms with Gasteiger partial charge in [0.05, 0.1) is 30.8 Å². The van der Waals surface area contributed by atoms with E-state index in [1.165, 1.54) is 17.4 Å². The van der Waals surface area contributed by atoms with E-state index in [4.69, 9.17) is 4.74 Å². The van der Waals surface area contributed by atoms with E-state index in [0.717, 1.165) is 4.57 Å². The number of ether oxygens (including phenoxy) is 1. The summed E-state index contributed by atoms with van der Waals surface area (Å²) in [6, 6.07) is 0.406. The van der Waals surface area contributed by atoms with Crippen molar-refractivity contribution in [2.24, 2.45) is 0 Å². The van der Waals surface area contributed by atoms with Crippen LogP contribution in [0.25, 0.3) is 16.9 Å². The Morgan fingerprint density at radius 2 is 1.81 bits per heavy atom. The SMILES string of the molecule is CC(NC(=O)c1cn(-c2ncc(F)cc2F)c2nc(N3CCOCC3)ccc2c1=O)C(F)(F)C(F)(F)F. The van der Waals surface area contributed by atoms with Crippen molar-refractivity contribution in [3.05, 3.63) is 58.0 Å². The number of hydrogen-bond acceptors (Lipinski definition) is 6. The zero-order chi connectivity index (χ0) is 27.1. The molecule has 4 heterocycles. The normalized spacial score (nSPS) is 15.6. The standard InChI is InChI=1S/C22H18F7N5O3/c1-11(21(25,26)22(27,28)29)31-20(36)14-10-34(19-15(24)8-12(23)9-30-19)18-13(17(14)35)2-3-16(32-18)33-4-6-37-7-5-33/h2-3,8-11H,4-7H2,1H3,(H,31,36). The number of aromatic nitrogens is 3. The number of hydrogen-bond donors (Lipinski definition) is 1. The van der Waals surface area contributed by atoms with Crippen LogP contribution in [0.5, 0.6) is 0 Å². The summed E-state index contributed by atoms with van der Waals surface area (Å²) < 4.78 is 99.7. The van der Waals surface area contributed by atoms with Gasteiger partial charge in [-0.25, -0.2) is 18.7 Å². The third-order valence-corrected chi connectivity index (χ3v) is 5.70. The van der Waals surface area contributed by atoms with Gasteiger partial charge in [0.25, 0.3) is 5.91 Å². The predicted octanol–water partition coefficient (Wildman–Crippen LogP) is 3.21. The van der Waals surface area contributed by atoms with Gasteiger partial charge in [-0.2, -0.15) is 22.0 Å². The summed E-state index contributed by atoms with van der Waals surface area (Å²) in [5.41, 5.74) is -2.16. The highest BCUT2D eigenvalue weighted by Crippen LogP contribution is 2.38. The van der Waals surface area contributed by atoms with Gasteiger partial charge < -0.3 is 15.0 Å². The average molecular weight is 533 g/mol. The van der Waals surface area contributed by atoms with Gasteiger partial charge in [0.1, 0.15) is 17.2 Å². The van der Waals surface area contributed by atoms with Crippen molar-refractivity contribution in [2.75, 3.05) is 31.2 Å². The number of morpholine rings is 1. The number of nitrogens with zero attached hydrogens (tertiary/aromatic N) is 4. The minimum Gasteiger partial charge on any atom is -0.378 e. The molecule has 1 saturated heterocycles. The van der Waals surface area contributed by atoms with Gasteiger partial charge in [-0.15, -0.1) is 0 Å². The first-order valence-corrected chi connectivity index (χ1v) is 10.8. The number of alkyl halides is 5. The molecule has 0 aromatic carbocycles. The Morgan fingerprint density at radius 3 is 2.43 bits per heavy atom. The summed E-state index contributed by atoms with van der Waals surface area (Å²) in [6.07, 6.45) is -4.61. The summed E-state index contributed by atoms with van der Waals surface area (Å²) in [4.78, 5) is 35.6. The molecule has 0 aliphatic carbocycles. The first kappa shape index (κ1) is 26.3. The third kappa shape index (κ3) is 4.95. The number of fused-ring (bicyclic) bond motifs is 1. The molecule has 0 saturated carbocycles. The van der Waals surface area contributed by atoms with E-state index in [0.29, 0.717) is 57.5 Å². The van der Waals surface area contributed by atoms with Crippen LogP contribution >= 0.6 is 0 Å². The lowest BCUT2D eigenvalue weighted by Gasteiger charge is -2.28. The van der Waals surface area contributed by atoms with Gasteiger partial charge in [0.15, 0.2) is 17.3 Å². The number of pyridine rings is 3. The lowest BCUT2D eigenvalue weighted by atomic mass is 10.1. The van der Waals surface area contributed by atoms with Crippen LogP contribution in [0.3, 0.4) is 0 Å². The van der Waals surface area contributed by atoms with Gasteiger partial charge in [-0.1, -0.05) is 0 Å². The zero-order valence-corrected chi connectivity index (χ0v) is 19.0. The first-order valence-electron chi connectivity index (χ1n) is 10.8. The highest BCUT2D eigenvalue weighted by atomic mass is 19.4. The summed E-state index contributed by atoms with van der Waals surface area (Å²) >= 11 is 0. The molecule has 1 fully saturated rings. The van der Waals surface area contributed by atoms with Crippen molar-refractivity contribution in [3.8, 4) is 5.82 Å². The molecule has 4 rings (SSSR count). The second-order valence-electron chi connectivity index (χ2n) is 8.16. The van der Waals surface area contributed by atoms with E-state index >= 15 is 0 Å². The Morgan fingerprint density at radius 1 is 1.14 bits per heavy atom. The molecule has 1 unspecified atom stereocenters.